The third-order valence-corrected chi connectivity index (χ3v) is 5.54. The molecule has 0 aliphatic carbocycles. The van der Waals surface area contributed by atoms with E-state index < -0.39 is 12.0 Å². The summed E-state index contributed by atoms with van der Waals surface area (Å²) < 4.78 is 5.47. The number of ether oxygens (including phenoxy) is 1. The highest BCUT2D eigenvalue weighted by Gasteiger charge is 2.19. The minimum Gasteiger partial charge on any atom is -0.480 e. The Balaban J connectivity index is 1.99. The van der Waals surface area contributed by atoms with E-state index >= 15 is 0 Å². The molecule has 1 atom stereocenters. The molecular formula is C26H43NO4. The van der Waals surface area contributed by atoms with E-state index in [4.69, 9.17) is 4.74 Å². The molecule has 0 aromatic heterocycles. The van der Waals surface area contributed by atoms with E-state index in [-0.39, 0.29) is 12.5 Å². The minimum absolute atomic E-state index is 0.0332. The van der Waals surface area contributed by atoms with E-state index in [1.807, 2.05) is 30.3 Å². The number of hydrogen-bond acceptors (Lipinski definition) is 3. The smallest absolute Gasteiger partial charge is 0.328 e. The van der Waals surface area contributed by atoms with E-state index in [1.54, 1.807) is 0 Å². The maximum absolute atomic E-state index is 12.1. The van der Waals surface area contributed by atoms with Crippen molar-refractivity contribution in [1.82, 2.24) is 5.32 Å². The average Bonchev–Trinajstić information content (AvgIpc) is 2.77. The Morgan fingerprint density at radius 2 is 1.35 bits per heavy atom. The van der Waals surface area contributed by atoms with Gasteiger partial charge < -0.3 is 15.2 Å². The molecule has 2 N–H and O–H groups in total. The molecule has 1 amide bonds. The van der Waals surface area contributed by atoms with Crippen molar-refractivity contribution >= 4 is 11.9 Å². The number of carbonyl (C=O) groups is 2. The van der Waals surface area contributed by atoms with Crippen molar-refractivity contribution in [2.45, 2.75) is 109 Å². The van der Waals surface area contributed by atoms with Gasteiger partial charge in [-0.2, -0.15) is 0 Å². The number of carboxylic acid groups (broad SMARTS) is 1. The second kappa shape index (κ2) is 18.9. The molecule has 1 unspecified atom stereocenters. The molecule has 0 aliphatic heterocycles. The molecule has 5 heteroatoms. The lowest BCUT2D eigenvalue weighted by Gasteiger charge is -2.15. The third kappa shape index (κ3) is 15.6. The van der Waals surface area contributed by atoms with Crippen molar-refractivity contribution in [1.29, 1.82) is 0 Å². The van der Waals surface area contributed by atoms with Gasteiger partial charge in [0.1, 0.15) is 0 Å². The number of carbonyl (C=O) groups excluding carboxylic acids is 1. The Labute approximate surface area is 189 Å². The van der Waals surface area contributed by atoms with Crippen molar-refractivity contribution in [3.63, 3.8) is 0 Å². The van der Waals surface area contributed by atoms with Crippen LogP contribution >= 0.6 is 0 Å². The summed E-state index contributed by atoms with van der Waals surface area (Å²) in [7, 11) is 0. The van der Waals surface area contributed by atoms with Gasteiger partial charge in [0, 0.05) is 6.42 Å². The van der Waals surface area contributed by atoms with Crippen LogP contribution in [-0.2, 0) is 20.9 Å². The Kier molecular flexibility index (Phi) is 16.5. The topological polar surface area (TPSA) is 75.6 Å². The molecule has 0 aliphatic rings. The first-order valence-corrected chi connectivity index (χ1v) is 12.3. The van der Waals surface area contributed by atoms with Crippen molar-refractivity contribution in [2.75, 3.05) is 6.61 Å². The van der Waals surface area contributed by atoms with Crippen LogP contribution in [0.15, 0.2) is 30.3 Å². The number of carboxylic acids is 1. The fourth-order valence-corrected chi connectivity index (χ4v) is 3.61. The highest BCUT2D eigenvalue weighted by molar-refractivity contribution is 5.83. The van der Waals surface area contributed by atoms with Crippen LogP contribution in [0.2, 0.25) is 0 Å². The normalized spacial score (nSPS) is 11.9. The first-order chi connectivity index (χ1) is 15.1. The first-order valence-electron chi connectivity index (χ1n) is 12.3. The summed E-state index contributed by atoms with van der Waals surface area (Å²) >= 11 is 0. The van der Waals surface area contributed by atoms with Crippen LogP contribution in [0.3, 0.4) is 0 Å². The van der Waals surface area contributed by atoms with Gasteiger partial charge >= 0.3 is 5.97 Å². The average molecular weight is 434 g/mol. The zero-order valence-electron chi connectivity index (χ0n) is 19.4. The molecule has 31 heavy (non-hydrogen) atoms. The summed E-state index contributed by atoms with van der Waals surface area (Å²) in [6.45, 7) is 2.55. The lowest BCUT2D eigenvalue weighted by atomic mass is 10.0. The lowest BCUT2D eigenvalue weighted by molar-refractivity contribution is -0.143. The fourth-order valence-electron chi connectivity index (χ4n) is 3.61. The number of nitrogens with one attached hydrogen (secondary N) is 1. The van der Waals surface area contributed by atoms with Crippen LogP contribution in [-0.4, -0.2) is 29.6 Å². The highest BCUT2D eigenvalue weighted by atomic mass is 16.5. The maximum Gasteiger partial charge on any atom is 0.328 e. The maximum atomic E-state index is 12.1. The standard InChI is InChI=1S/C26H43NO4/c1-2-3-4-5-6-7-8-9-10-11-12-13-17-20-25(28)27-24(26(29)30)22-31-21-23-18-15-14-16-19-23/h14-16,18-19,24H,2-13,17,20-22H2,1H3,(H,27,28)(H,29,30). The van der Waals surface area contributed by atoms with Gasteiger partial charge in [-0.15, -0.1) is 0 Å². The second-order valence-electron chi connectivity index (χ2n) is 8.45. The summed E-state index contributed by atoms with van der Waals surface area (Å²) in [4.78, 5) is 23.4. The predicted molar refractivity (Wildman–Crippen MR) is 126 cm³/mol. The lowest BCUT2D eigenvalue weighted by Crippen LogP contribution is -2.43. The summed E-state index contributed by atoms with van der Waals surface area (Å²) in [5.74, 6) is -1.27. The molecule has 0 bridgehead atoms. The highest BCUT2D eigenvalue weighted by Crippen LogP contribution is 2.13. The SMILES string of the molecule is CCCCCCCCCCCCCCCC(=O)NC(COCc1ccccc1)C(=O)O. The van der Waals surface area contributed by atoms with Gasteiger partial charge in [0.05, 0.1) is 13.2 Å². The second-order valence-corrected chi connectivity index (χ2v) is 8.45. The Morgan fingerprint density at radius 1 is 0.839 bits per heavy atom. The summed E-state index contributed by atoms with van der Waals surface area (Å²) in [5, 5.41) is 11.9. The minimum atomic E-state index is -1.06. The van der Waals surface area contributed by atoms with Crippen molar-refractivity contribution in [2.24, 2.45) is 0 Å². The van der Waals surface area contributed by atoms with Gasteiger partial charge in [0.15, 0.2) is 6.04 Å². The number of aliphatic carboxylic acids is 1. The Hall–Kier alpha value is -1.88. The molecule has 0 fully saturated rings. The Bertz CT molecular complexity index is 576. The summed E-state index contributed by atoms with van der Waals surface area (Å²) in [5.41, 5.74) is 0.977. The van der Waals surface area contributed by atoms with E-state index in [9.17, 15) is 14.7 Å². The van der Waals surface area contributed by atoms with E-state index in [0.717, 1.165) is 24.8 Å². The molecule has 0 spiro atoms. The zero-order chi connectivity index (χ0) is 22.6. The number of hydrogen-bond donors (Lipinski definition) is 2. The van der Waals surface area contributed by atoms with Crippen LogP contribution in [0.1, 0.15) is 102 Å². The van der Waals surface area contributed by atoms with Gasteiger partial charge in [-0.05, 0) is 12.0 Å². The van der Waals surface area contributed by atoms with Gasteiger partial charge in [0.2, 0.25) is 5.91 Å². The van der Waals surface area contributed by atoms with Crippen molar-refractivity contribution < 1.29 is 19.4 Å². The Morgan fingerprint density at radius 3 is 1.87 bits per heavy atom. The van der Waals surface area contributed by atoms with Crippen LogP contribution in [0.5, 0.6) is 0 Å². The molecular weight excluding hydrogens is 390 g/mol. The number of unbranched alkanes of at least 4 members (excludes halogenated alkanes) is 12. The largest absolute Gasteiger partial charge is 0.480 e. The monoisotopic (exact) mass is 433 g/mol. The molecule has 0 saturated heterocycles. The number of amides is 1. The molecule has 176 valence electrons. The molecule has 0 saturated carbocycles. The van der Waals surface area contributed by atoms with E-state index in [2.05, 4.69) is 12.2 Å². The molecule has 5 nitrogen and oxygen atoms in total. The third-order valence-electron chi connectivity index (χ3n) is 5.54. The van der Waals surface area contributed by atoms with Gasteiger partial charge in [-0.3, -0.25) is 4.79 Å². The molecule has 1 aromatic rings. The molecule has 1 aromatic carbocycles. The van der Waals surface area contributed by atoms with Crippen molar-refractivity contribution in [3.05, 3.63) is 35.9 Å². The predicted octanol–water partition coefficient (Wildman–Crippen LogP) is 6.25. The van der Waals surface area contributed by atoms with Crippen LogP contribution < -0.4 is 5.32 Å². The fraction of sp³-hybridized carbons (Fsp3) is 0.692. The summed E-state index contributed by atoms with van der Waals surface area (Å²) in [6.07, 6.45) is 16.7. The van der Waals surface area contributed by atoms with Crippen molar-refractivity contribution in [3.8, 4) is 0 Å². The van der Waals surface area contributed by atoms with Gasteiger partial charge in [-0.1, -0.05) is 114 Å². The molecule has 0 radical (unpaired) electrons. The number of rotatable bonds is 20. The molecule has 1 rings (SSSR count). The van der Waals surface area contributed by atoms with Crippen LogP contribution in [0, 0.1) is 0 Å². The van der Waals surface area contributed by atoms with E-state index in [1.165, 1.54) is 64.2 Å². The molecule has 0 heterocycles. The van der Waals surface area contributed by atoms with Gasteiger partial charge in [-0.25, -0.2) is 4.79 Å². The van der Waals surface area contributed by atoms with Crippen LogP contribution in [0.25, 0.3) is 0 Å². The number of benzene rings is 1. The first kappa shape index (κ1) is 27.2. The van der Waals surface area contributed by atoms with E-state index in [0.29, 0.717) is 13.0 Å². The van der Waals surface area contributed by atoms with Gasteiger partial charge in [0.25, 0.3) is 0 Å². The quantitative estimate of drug-likeness (QED) is 0.238. The van der Waals surface area contributed by atoms with Crippen LogP contribution in [0.4, 0.5) is 0 Å². The zero-order valence-corrected chi connectivity index (χ0v) is 19.4. The summed E-state index contributed by atoms with van der Waals surface area (Å²) in [6, 6.07) is 8.57.